The standard InChI is InChI=1S/C13H9Cl3N2O/c14-8-1-2-11(17)12(6-8)18-13(19)7-3-9(15)5-10(16)4-7/h1-6H,17H2,(H,18,19). The molecule has 98 valence electrons. The molecule has 19 heavy (non-hydrogen) atoms. The third kappa shape index (κ3) is 3.53. The predicted octanol–water partition coefficient (Wildman–Crippen LogP) is 4.48. The van der Waals surface area contributed by atoms with E-state index >= 15 is 0 Å². The second-order valence-corrected chi connectivity index (χ2v) is 5.15. The van der Waals surface area contributed by atoms with E-state index in [2.05, 4.69) is 5.32 Å². The van der Waals surface area contributed by atoms with Gasteiger partial charge in [0.1, 0.15) is 0 Å². The number of carbonyl (C=O) groups is 1. The minimum Gasteiger partial charge on any atom is -0.397 e. The molecule has 0 aromatic heterocycles. The second kappa shape index (κ2) is 5.70. The van der Waals surface area contributed by atoms with Gasteiger partial charge in [0.25, 0.3) is 5.91 Å². The Hall–Kier alpha value is -1.42. The summed E-state index contributed by atoms with van der Waals surface area (Å²) in [5.74, 6) is -0.363. The summed E-state index contributed by atoms with van der Waals surface area (Å²) in [5.41, 5.74) is 6.96. The zero-order valence-electron chi connectivity index (χ0n) is 9.58. The van der Waals surface area contributed by atoms with Gasteiger partial charge in [0.15, 0.2) is 0 Å². The largest absolute Gasteiger partial charge is 0.397 e. The van der Waals surface area contributed by atoms with Crippen molar-refractivity contribution in [1.29, 1.82) is 0 Å². The van der Waals surface area contributed by atoms with Crippen molar-refractivity contribution in [3.63, 3.8) is 0 Å². The van der Waals surface area contributed by atoms with Crippen LogP contribution in [0.5, 0.6) is 0 Å². The first-order chi connectivity index (χ1) is 8.95. The summed E-state index contributed by atoms with van der Waals surface area (Å²) in [4.78, 5) is 12.1. The van der Waals surface area contributed by atoms with Gasteiger partial charge in [-0.15, -0.1) is 0 Å². The molecule has 3 nitrogen and oxygen atoms in total. The van der Waals surface area contributed by atoms with Crippen LogP contribution in [0.2, 0.25) is 15.1 Å². The summed E-state index contributed by atoms with van der Waals surface area (Å²) in [6.45, 7) is 0. The number of halogens is 3. The molecule has 3 N–H and O–H groups in total. The average Bonchev–Trinajstić information content (AvgIpc) is 2.32. The summed E-state index contributed by atoms with van der Waals surface area (Å²) in [6, 6.07) is 9.41. The van der Waals surface area contributed by atoms with Crippen molar-refractivity contribution >= 4 is 52.1 Å². The second-order valence-electron chi connectivity index (χ2n) is 3.84. The van der Waals surface area contributed by atoms with E-state index in [-0.39, 0.29) is 5.91 Å². The summed E-state index contributed by atoms with van der Waals surface area (Å²) >= 11 is 17.5. The Morgan fingerprint density at radius 2 is 1.58 bits per heavy atom. The highest BCUT2D eigenvalue weighted by Gasteiger charge is 2.10. The smallest absolute Gasteiger partial charge is 0.255 e. The van der Waals surface area contributed by atoms with Crippen molar-refractivity contribution in [2.75, 3.05) is 11.1 Å². The maximum Gasteiger partial charge on any atom is 0.255 e. The van der Waals surface area contributed by atoms with Crippen molar-refractivity contribution in [3.8, 4) is 0 Å². The van der Waals surface area contributed by atoms with Crippen molar-refractivity contribution in [1.82, 2.24) is 0 Å². The SMILES string of the molecule is Nc1ccc(Cl)cc1NC(=O)c1cc(Cl)cc(Cl)c1. The van der Waals surface area contributed by atoms with Crippen LogP contribution in [0.25, 0.3) is 0 Å². The van der Waals surface area contributed by atoms with E-state index in [9.17, 15) is 4.79 Å². The molecule has 0 aliphatic heterocycles. The maximum absolute atomic E-state index is 12.1. The molecule has 0 aliphatic rings. The van der Waals surface area contributed by atoms with Gasteiger partial charge in [-0.05, 0) is 36.4 Å². The molecule has 0 unspecified atom stereocenters. The van der Waals surface area contributed by atoms with Crippen LogP contribution in [0.3, 0.4) is 0 Å². The Morgan fingerprint density at radius 1 is 0.947 bits per heavy atom. The van der Waals surface area contributed by atoms with E-state index in [0.29, 0.717) is 32.0 Å². The quantitative estimate of drug-likeness (QED) is 0.803. The third-order valence-electron chi connectivity index (χ3n) is 2.39. The third-order valence-corrected chi connectivity index (χ3v) is 3.06. The van der Waals surface area contributed by atoms with Crippen LogP contribution in [0.1, 0.15) is 10.4 Å². The molecule has 0 heterocycles. The van der Waals surface area contributed by atoms with Crippen LogP contribution in [0, 0.1) is 0 Å². The molecule has 2 aromatic carbocycles. The molecule has 0 radical (unpaired) electrons. The van der Waals surface area contributed by atoms with Crippen molar-refractivity contribution in [3.05, 3.63) is 57.0 Å². The topological polar surface area (TPSA) is 55.1 Å². The van der Waals surface area contributed by atoms with E-state index in [1.165, 1.54) is 12.1 Å². The summed E-state index contributed by atoms with van der Waals surface area (Å²) in [7, 11) is 0. The summed E-state index contributed by atoms with van der Waals surface area (Å²) in [6.07, 6.45) is 0. The normalized spacial score (nSPS) is 10.3. The Balaban J connectivity index is 2.28. The number of nitrogens with two attached hydrogens (primary N) is 1. The first-order valence-electron chi connectivity index (χ1n) is 5.28. The molecule has 0 aliphatic carbocycles. The van der Waals surface area contributed by atoms with Gasteiger partial charge in [-0.2, -0.15) is 0 Å². The zero-order chi connectivity index (χ0) is 14.0. The fourth-order valence-electron chi connectivity index (χ4n) is 1.52. The Labute approximate surface area is 125 Å². The van der Waals surface area contributed by atoms with Crippen LogP contribution < -0.4 is 11.1 Å². The highest BCUT2D eigenvalue weighted by atomic mass is 35.5. The molecule has 2 rings (SSSR count). The first-order valence-corrected chi connectivity index (χ1v) is 6.41. The van der Waals surface area contributed by atoms with Gasteiger partial charge in [-0.3, -0.25) is 4.79 Å². The van der Waals surface area contributed by atoms with Crippen LogP contribution in [0.4, 0.5) is 11.4 Å². The van der Waals surface area contributed by atoms with Gasteiger partial charge >= 0.3 is 0 Å². The fraction of sp³-hybridized carbons (Fsp3) is 0. The Morgan fingerprint density at radius 3 is 2.21 bits per heavy atom. The van der Waals surface area contributed by atoms with Gasteiger partial charge in [0.2, 0.25) is 0 Å². The lowest BCUT2D eigenvalue weighted by atomic mass is 10.2. The number of nitrogen functional groups attached to an aromatic ring is 1. The summed E-state index contributed by atoms with van der Waals surface area (Å²) in [5, 5.41) is 3.91. The molecule has 6 heteroatoms. The summed E-state index contributed by atoms with van der Waals surface area (Å²) < 4.78 is 0. The number of rotatable bonds is 2. The van der Waals surface area contributed by atoms with E-state index in [1.807, 2.05) is 0 Å². The lowest BCUT2D eigenvalue weighted by Crippen LogP contribution is -2.13. The van der Waals surface area contributed by atoms with Gasteiger partial charge in [0, 0.05) is 20.6 Å². The number of benzene rings is 2. The fourth-order valence-corrected chi connectivity index (χ4v) is 2.21. The predicted molar refractivity (Wildman–Crippen MR) is 80.3 cm³/mol. The molecule has 2 aromatic rings. The number of hydrogen-bond acceptors (Lipinski definition) is 2. The number of amides is 1. The zero-order valence-corrected chi connectivity index (χ0v) is 11.9. The molecular weight excluding hydrogens is 307 g/mol. The van der Waals surface area contributed by atoms with Crippen molar-refractivity contribution < 1.29 is 4.79 Å². The molecule has 0 bridgehead atoms. The lowest BCUT2D eigenvalue weighted by molar-refractivity contribution is 0.102. The number of hydrogen-bond donors (Lipinski definition) is 2. The monoisotopic (exact) mass is 314 g/mol. The minimum absolute atomic E-state index is 0.344. The van der Waals surface area contributed by atoms with E-state index in [4.69, 9.17) is 40.5 Å². The van der Waals surface area contributed by atoms with Gasteiger partial charge < -0.3 is 11.1 Å². The molecule has 0 fully saturated rings. The molecule has 0 spiro atoms. The van der Waals surface area contributed by atoms with E-state index in [0.717, 1.165) is 0 Å². The van der Waals surface area contributed by atoms with E-state index < -0.39 is 0 Å². The number of anilines is 2. The van der Waals surface area contributed by atoms with Gasteiger partial charge in [0.05, 0.1) is 11.4 Å². The van der Waals surface area contributed by atoms with Crippen LogP contribution in [-0.4, -0.2) is 5.91 Å². The average molecular weight is 316 g/mol. The highest BCUT2D eigenvalue weighted by Crippen LogP contribution is 2.25. The maximum atomic E-state index is 12.1. The molecule has 0 saturated carbocycles. The van der Waals surface area contributed by atoms with Gasteiger partial charge in [-0.25, -0.2) is 0 Å². The molecule has 0 atom stereocenters. The van der Waals surface area contributed by atoms with Gasteiger partial charge in [-0.1, -0.05) is 34.8 Å². The van der Waals surface area contributed by atoms with Crippen molar-refractivity contribution in [2.24, 2.45) is 0 Å². The first kappa shape index (κ1) is 14.0. The highest BCUT2D eigenvalue weighted by molar-refractivity contribution is 6.35. The Kier molecular flexibility index (Phi) is 4.20. The minimum atomic E-state index is -0.363. The molecular formula is C13H9Cl3N2O. The molecule has 0 saturated heterocycles. The Bertz CT molecular complexity index is 624. The van der Waals surface area contributed by atoms with Crippen molar-refractivity contribution in [2.45, 2.75) is 0 Å². The number of carbonyl (C=O) groups excluding carboxylic acids is 1. The van der Waals surface area contributed by atoms with E-state index in [1.54, 1.807) is 24.3 Å². The van der Waals surface area contributed by atoms with Crippen LogP contribution in [-0.2, 0) is 0 Å². The molecule has 1 amide bonds. The number of nitrogens with one attached hydrogen (secondary N) is 1. The lowest BCUT2D eigenvalue weighted by Gasteiger charge is -2.09. The van der Waals surface area contributed by atoms with Crippen LogP contribution >= 0.6 is 34.8 Å². The van der Waals surface area contributed by atoms with Crippen LogP contribution in [0.15, 0.2) is 36.4 Å².